The number of benzene rings is 1. The van der Waals surface area contributed by atoms with Gasteiger partial charge in [-0.2, -0.15) is 0 Å². The predicted molar refractivity (Wildman–Crippen MR) is 56.7 cm³/mol. The third-order valence-electron chi connectivity index (χ3n) is 1.73. The molecule has 0 fully saturated rings. The SMILES string of the molecule is Cc1ccccc1OC(=O)P(C)(C)=O. The van der Waals surface area contributed by atoms with Gasteiger partial charge in [0.25, 0.3) is 0 Å². The minimum Gasteiger partial charge on any atom is -0.421 e. The number of aryl methyl sites for hydroxylation is 1. The summed E-state index contributed by atoms with van der Waals surface area (Å²) in [6, 6.07) is 7.14. The van der Waals surface area contributed by atoms with Crippen LogP contribution in [0.25, 0.3) is 0 Å². The largest absolute Gasteiger partial charge is 0.421 e. The summed E-state index contributed by atoms with van der Waals surface area (Å²) >= 11 is 0. The Morgan fingerprint density at radius 3 is 2.36 bits per heavy atom. The molecule has 0 amide bonds. The Kier molecular flexibility index (Phi) is 3.12. The van der Waals surface area contributed by atoms with Crippen LogP contribution in [0, 0.1) is 6.92 Å². The van der Waals surface area contributed by atoms with Gasteiger partial charge in [-0.3, -0.25) is 0 Å². The zero-order chi connectivity index (χ0) is 10.8. The van der Waals surface area contributed by atoms with E-state index in [0.717, 1.165) is 5.56 Å². The average Bonchev–Trinajstić information content (AvgIpc) is 2.07. The third-order valence-corrected chi connectivity index (χ3v) is 2.70. The van der Waals surface area contributed by atoms with Crippen LogP contribution in [-0.4, -0.2) is 19.0 Å². The quantitative estimate of drug-likeness (QED) is 0.707. The maximum absolute atomic E-state index is 11.4. The molecule has 0 N–H and O–H groups in total. The molecule has 1 aromatic rings. The molecule has 76 valence electrons. The zero-order valence-electron chi connectivity index (χ0n) is 8.48. The lowest BCUT2D eigenvalue weighted by Gasteiger charge is -2.08. The van der Waals surface area contributed by atoms with E-state index in [1.807, 2.05) is 19.1 Å². The molecule has 0 heterocycles. The molecule has 0 bridgehead atoms. The van der Waals surface area contributed by atoms with Gasteiger partial charge in [0.2, 0.25) is 0 Å². The van der Waals surface area contributed by atoms with E-state index in [1.165, 1.54) is 13.3 Å². The Labute approximate surface area is 83.5 Å². The minimum atomic E-state index is -2.80. The Morgan fingerprint density at radius 1 is 1.29 bits per heavy atom. The van der Waals surface area contributed by atoms with Gasteiger partial charge < -0.3 is 9.30 Å². The maximum Gasteiger partial charge on any atom is 0.368 e. The molecule has 0 saturated carbocycles. The van der Waals surface area contributed by atoms with Crippen LogP contribution in [-0.2, 0) is 4.57 Å². The summed E-state index contributed by atoms with van der Waals surface area (Å²) in [6.07, 6.45) is 0. The van der Waals surface area contributed by atoms with Crippen molar-refractivity contribution in [2.45, 2.75) is 6.92 Å². The third kappa shape index (κ3) is 2.71. The van der Waals surface area contributed by atoms with Crippen LogP contribution >= 0.6 is 7.14 Å². The first-order valence-electron chi connectivity index (χ1n) is 4.24. The summed E-state index contributed by atoms with van der Waals surface area (Å²) in [6.45, 7) is 4.63. The Balaban J connectivity index is 2.86. The van der Waals surface area contributed by atoms with E-state index in [4.69, 9.17) is 4.74 Å². The van der Waals surface area contributed by atoms with Gasteiger partial charge in [0.05, 0.1) is 0 Å². The van der Waals surface area contributed by atoms with Crippen LogP contribution in [0.3, 0.4) is 0 Å². The summed E-state index contributed by atoms with van der Waals surface area (Å²) < 4.78 is 16.4. The van der Waals surface area contributed by atoms with Crippen molar-refractivity contribution in [3.8, 4) is 5.75 Å². The van der Waals surface area contributed by atoms with Gasteiger partial charge in [0.1, 0.15) is 5.75 Å². The van der Waals surface area contributed by atoms with Crippen molar-refractivity contribution in [2.75, 3.05) is 13.3 Å². The molecule has 0 radical (unpaired) electrons. The van der Waals surface area contributed by atoms with Gasteiger partial charge in [-0.1, -0.05) is 18.2 Å². The monoisotopic (exact) mass is 212 g/mol. The smallest absolute Gasteiger partial charge is 0.368 e. The molecule has 3 nitrogen and oxygen atoms in total. The van der Waals surface area contributed by atoms with Gasteiger partial charge in [-0.15, -0.1) is 0 Å². The van der Waals surface area contributed by atoms with E-state index < -0.39 is 12.9 Å². The Bertz CT molecular complexity index is 392. The molecule has 14 heavy (non-hydrogen) atoms. The second kappa shape index (κ2) is 3.97. The minimum absolute atomic E-state index is 0.474. The van der Waals surface area contributed by atoms with Crippen LogP contribution < -0.4 is 4.74 Å². The van der Waals surface area contributed by atoms with E-state index in [2.05, 4.69) is 0 Å². The summed E-state index contributed by atoms with van der Waals surface area (Å²) in [7, 11) is -2.80. The zero-order valence-corrected chi connectivity index (χ0v) is 9.38. The van der Waals surface area contributed by atoms with Crippen LogP contribution in [0.5, 0.6) is 5.75 Å². The van der Waals surface area contributed by atoms with Gasteiger partial charge in [-0.05, 0) is 31.9 Å². The number of carbonyl (C=O) groups is 1. The molecule has 0 aliphatic rings. The first-order chi connectivity index (χ1) is 6.41. The number of ether oxygens (including phenoxy) is 1. The summed E-state index contributed by atoms with van der Waals surface area (Å²) in [5.74, 6) is 0.474. The lowest BCUT2D eigenvalue weighted by molar-refractivity contribution is 0.224. The van der Waals surface area contributed by atoms with Crippen molar-refractivity contribution in [3.63, 3.8) is 0 Å². The predicted octanol–water partition coefficient (Wildman–Crippen LogP) is 3.12. The average molecular weight is 212 g/mol. The standard InChI is InChI=1S/C10H13O3P/c1-8-6-4-5-7-9(8)13-10(11)14(2,3)12/h4-7H,1-3H3. The molecule has 1 aromatic carbocycles. The van der Waals surface area contributed by atoms with Crippen LogP contribution in [0.15, 0.2) is 24.3 Å². The summed E-state index contributed by atoms with van der Waals surface area (Å²) in [4.78, 5) is 11.3. The van der Waals surface area contributed by atoms with Gasteiger partial charge in [0, 0.05) is 0 Å². The van der Waals surface area contributed by atoms with Crippen molar-refractivity contribution in [3.05, 3.63) is 29.8 Å². The molecule has 1 rings (SSSR count). The molecule has 0 aliphatic heterocycles. The van der Waals surface area contributed by atoms with Crippen LogP contribution in [0.2, 0.25) is 0 Å². The maximum atomic E-state index is 11.4. The highest BCUT2D eigenvalue weighted by Gasteiger charge is 2.22. The molecule has 0 atom stereocenters. The number of hydrogen-bond acceptors (Lipinski definition) is 3. The highest BCUT2D eigenvalue weighted by atomic mass is 31.2. The molecule has 0 aliphatic carbocycles. The highest BCUT2D eigenvalue weighted by molar-refractivity contribution is 7.78. The second-order valence-corrected chi connectivity index (χ2v) is 6.55. The van der Waals surface area contributed by atoms with E-state index >= 15 is 0 Å². The fourth-order valence-corrected chi connectivity index (χ4v) is 1.19. The number of hydrogen-bond donors (Lipinski definition) is 0. The van der Waals surface area contributed by atoms with Crippen LogP contribution in [0.4, 0.5) is 4.79 Å². The number of para-hydroxylation sites is 1. The van der Waals surface area contributed by atoms with E-state index in [0.29, 0.717) is 5.75 Å². The normalized spacial score (nSPS) is 11.1. The molecule has 4 heteroatoms. The van der Waals surface area contributed by atoms with Gasteiger partial charge in [0.15, 0.2) is 7.14 Å². The van der Waals surface area contributed by atoms with Gasteiger partial charge >= 0.3 is 5.71 Å². The summed E-state index contributed by atoms with van der Waals surface area (Å²) in [5.41, 5.74) is 0.209. The fraction of sp³-hybridized carbons (Fsp3) is 0.300. The molecule has 0 saturated heterocycles. The van der Waals surface area contributed by atoms with Gasteiger partial charge in [-0.25, -0.2) is 4.79 Å². The molecule has 0 spiro atoms. The Morgan fingerprint density at radius 2 is 1.86 bits per heavy atom. The van der Waals surface area contributed by atoms with E-state index in [9.17, 15) is 9.36 Å². The Hall–Kier alpha value is -1.08. The van der Waals surface area contributed by atoms with Crippen molar-refractivity contribution in [2.24, 2.45) is 0 Å². The molecular formula is C10H13O3P. The summed E-state index contributed by atoms with van der Waals surface area (Å²) in [5, 5.41) is 0. The van der Waals surface area contributed by atoms with Crippen molar-refractivity contribution in [1.82, 2.24) is 0 Å². The van der Waals surface area contributed by atoms with Crippen molar-refractivity contribution >= 4 is 12.9 Å². The topological polar surface area (TPSA) is 43.4 Å². The number of carbonyl (C=O) groups excluding carboxylic acids is 1. The van der Waals surface area contributed by atoms with E-state index in [1.54, 1.807) is 12.1 Å². The molecule has 0 unspecified atom stereocenters. The van der Waals surface area contributed by atoms with Crippen LogP contribution in [0.1, 0.15) is 5.56 Å². The molecule has 0 aromatic heterocycles. The number of rotatable bonds is 2. The highest BCUT2D eigenvalue weighted by Crippen LogP contribution is 2.39. The second-order valence-electron chi connectivity index (χ2n) is 3.48. The van der Waals surface area contributed by atoms with E-state index in [-0.39, 0.29) is 0 Å². The molecular weight excluding hydrogens is 199 g/mol. The fourth-order valence-electron chi connectivity index (χ4n) is 0.875. The first kappa shape index (κ1) is 11.0. The van der Waals surface area contributed by atoms with Crippen molar-refractivity contribution < 1.29 is 14.1 Å². The lowest BCUT2D eigenvalue weighted by Crippen LogP contribution is -2.05. The van der Waals surface area contributed by atoms with Crippen molar-refractivity contribution in [1.29, 1.82) is 0 Å². The lowest BCUT2D eigenvalue weighted by atomic mass is 10.2. The first-order valence-corrected chi connectivity index (χ1v) is 6.84.